The minimum atomic E-state index is -0.0697. The van der Waals surface area contributed by atoms with E-state index in [9.17, 15) is 4.79 Å². The third kappa shape index (κ3) is 3.14. The number of nitrogens with zero attached hydrogens (tertiary/aromatic N) is 2. The van der Waals surface area contributed by atoms with Gasteiger partial charge in [0.05, 0.1) is 18.3 Å². The van der Waals surface area contributed by atoms with Crippen molar-refractivity contribution in [1.82, 2.24) is 15.1 Å². The van der Waals surface area contributed by atoms with Crippen LogP contribution in [0.2, 0.25) is 0 Å². The standard InChI is InChI=1S/C16H21N3O/c1-11-5-7-14(9-12(11)2)15(17-4)10-19-16(20)8-6-13(3)18-19/h5-9,15,17H,10H2,1-4H3. The van der Waals surface area contributed by atoms with E-state index in [1.54, 1.807) is 12.1 Å². The molecule has 0 fully saturated rings. The summed E-state index contributed by atoms with van der Waals surface area (Å²) in [6, 6.07) is 9.75. The molecule has 0 bridgehead atoms. The topological polar surface area (TPSA) is 46.9 Å². The van der Waals surface area contributed by atoms with Crippen LogP contribution in [0.3, 0.4) is 0 Å². The van der Waals surface area contributed by atoms with Crippen molar-refractivity contribution >= 4 is 0 Å². The van der Waals surface area contributed by atoms with E-state index in [4.69, 9.17) is 0 Å². The van der Waals surface area contributed by atoms with E-state index in [2.05, 4.69) is 42.5 Å². The van der Waals surface area contributed by atoms with Crippen LogP contribution in [0.25, 0.3) is 0 Å². The number of hydrogen-bond acceptors (Lipinski definition) is 3. The van der Waals surface area contributed by atoms with Gasteiger partial charge in [-0.25, -0.2) is 4.68 Å². The van der Waals surface area contributed by atoms with Crippen molar-refractivity contribution in [3.8, 4) is 0 Å². The quantitative estimate of drug-likeness (QED) is 0.926. The van der Waals surface area contributed by atoms with Gasteiger partial charge in [-0.1, -0.05) is 18.2 Å². The van der Waals surface area contributed by atoms with E-state index >= 15 is 0 Å². The Balaban J connectivity index is 2.31. The van der Waals surface area contributed by atoms with Crippen molar-refractivity contribution in [2.45, 2.75) is 33.4 Å². The summed E-state index contributed by atoms with van der Waals surface area (Å²) in [6.07, 6.45) is 0. The number of rotatable bonds is 4. The second kappa shape index (κ2) is 6.01. The van der Waals surface area contributed by atoms with Crippen LogP contribution in [-0.4, -0.2) is 16.8 Å². The Labute approximate surface area is 119 Å². The van der Waals surface area contributed by atoms with Gasteiger partial charge >= 0.3 is 0 Å². The molecule has 0 saturated heterocycles. The Morgan fingerprint density at radius 1 is 1.15 bits per heavy atom. The van der Waals surface area contributed by atoms with E-state index in [0.29, 0.717) is 6.54 Å². The van der Waals surface area contributed by atoms with E-state index in [0.717, 1.165) is 5.69 Å². The molecular formula is C16H21N3O. The first-order valence-corrected chi connectivity index (χ1v) is 6.80. The zero-order valence-corrected chi connectivity index (χ0v) is 12.5. The lowest BCUT2D eigenvalue weighted by atomic mass is 10.0. The summed E-state index contributed by atoms with van der Waals surface area (Å²) < 4.78 is 1.52. The van der Waals surface area contributed by atoms with E-state index < -0.39 is 0 Å². The minimum absolute atomic E-state index is 0.0697. The van der Waals surface area contributed by atoms with Crippen LogP contribution in [0.5, 0.6) is 0 Å². The van der Waals surface area contributed by atoms with Gasteiger partial charge in [-0.15, -0.1) is 0 Å². The predicted molar refractivity (Wildman–Crippen MR) is 81.0 cm³/mol. The average molecular weight is 271 g/mol. The Bertz CT molecular complexity index is 661. The molecule has 0 spiro atoms. The molecule has 20 heavy (non-hydrogen) atoms. The normalized spacial score (nSPS) is 12.4. The SMILES string of the molecule is CNC(Cn1nc(C)ccc1=O)c1ccc(C)c(C)c1. The van der Waals surface area contributed by atoms with Crippen LogP contribution in [0.15, 0.2) is 35.1 Å². The smallest absolute Gasteiger partial charge is 0.266 e. The Kier molecular flexibility index (Phi) is 4.35. The third-order valence-electron chi connectivity index (χ3n) is 3.64. The van der Waals surface area contributed by atoms with Crippen molar-refractivity contribution in [3.05, 3.63) is 63.1 Å². The Morgan fingerprint density at radius 2 is 1.90 bits per heavy atom. The highest BCUT2D eigenvalue weighted by Crippen LogP contribution is 2.18. The Morgan fingerprint density at radius 3 is 2.55 bits per heavy atom. The molecular weight excluding hydrogens is 250 g/mol. The van der Waals surface area contributed by atoms with Gasteiger partial charge in [0.15, 0.2) is 0 Å². The van der Waals surface area contributed by atoms with Gasteiger partial charge in [-0.05, 0) is 50.6 Å². The first-order valence-electron chi connectivity index (χ1n) is 6.80. The number of aromatic nitrogens is 2. The largest absolute Gasteiger partial charge is 0.311 e. The summed E-state index contributed by atoms with van der Waals surface area (Å²) in [5.41, 5.74) is 4.48. The molecule has 1 N–H and O–H groups in total. The molecule has 1 heterocycles. The highest BCUT2D eigenvalue weighted by molar-refractivity contribution is 5.31. The summed E-state index contributed by atoms with van der Waals surface area (Å²) in [5.74, 6) is 0. The second-order valence-electron chi connectivity index (χ2n) is 5.18. The summed E-state index contributed by atoms with van der Waals surface area (Å²) in [7, 11) is 1.90. The van der Waals surface area contributed by atoms with Crippen LogP contribution in [-0.2, 0) is 6.54 Å². The molecule has 0 amide bonds. The van der Waals surface area contributed by atoms with Crippen LogP contribution >= 0.6 is 0 Å². The fourth-order valence-electron chi connectivity index (χ4n) is 2.20. The number of likely N-dealkylation sites (N-methyl/N-ethyl adjacent to an activating group) is 1. The van der Waals surface area contributed by atoms with Crippen LogP contribution in [0, 0.1) is 20.8 Å². The summed E-state index contributed by atoms with van der Waals surface area (Å²) >= 11 is 0. The van der Waals surface area contributed by atoms with E-state index in [1.807, 2.05) is 14.0 Å². The van der Waals surface area contributed by atoms with Crippen LogP contribution < -0.4 is 10.9 Å². The fraction of sp³-hybridized carbons (Fsp3) is 0.375. The van der Waals surface area contributed by atoms with Crippen LogP contribution in [0.4, 0.5) is 0 Å². The van der Waals surface area contributed by atoms with Crippen molar-refractivity contribution in [2.75, 3.05) is 7.05 Å². The van der Waals surface area contributed by atoms with Crippen molar-refractivity contribution in [2.24, 2.45) is 0 Å². The number of hydrogen-bond donors (Lipinski definition) is 1. The zero-order chi connectivity index (χ0) is 14.7. The zero-order valence-electron chi connectivity index (χ0n) is 12.5. The molecule has 2 rings (SSSR count). The molecule has 4 nitrogen and oxygen atoms in total. The Hall–Kier alpha value is -1.94. The summed E-state index contributed by atoms with van der Waals surface area (Å²) in [5, 5.41) is 7.55. The maximum Gasteiger partial charge on any atom is 0.266 e. The second-order valence-corrected chi connectivity index (χ2v) is 5.18. The number of aryl methyl sites for hydroxylation is 3. The molecule has 0 saturated carbocycles. The fourth-order valence-corrected chi connectivity index (χ4v) is 2.20. The highest BCUT2D eigenvalue weighted by atomic mass is 16.1. The summed E-state index contributed by atoms with van der Waals surface area (Å²) in [4.78, 5) is 11.8. The lowest BCUT2D eigenvalue weighted by molar-refractivity contribution is 0.449. The molecule has 1 unspecified atom stereocenters. The van der Waals surface area contributed by atoms with Gasteiger partial charge in [0.1, 0.15) is 0 Å². The minimum Gasteiger partial charge on any atom is -0.311 e. The van der Waals surface area contributed by atoms with Gasteiger partial charge in [0.2, 0.25) is 0 Å². The lowest BCUT2D eigenvalue weighted by Gasteiger charge is -2.18. The van der Waals surface area contributed by atoms with Gasteiger partial charge < -0.3 is 5.32 Å². The summed E-state index contributed by atoms with van der Waals surface area (Å²) in [6.45, 7) is 6.61. The average Bonchev–Trinajstić information content (AvgIpc) is 2.43. The number of nitrogens with one attached hydrogen (secondary N) is 1. The first kappa shape index (κ1) is 14.5. The molecule has 1 atom stereocenters. The molecule has 0 aliphatic carbocycles. The van der Waals surface area contributed by atoms with Crippen LogP contribution in [0.1, 0.15) is 28.4 Å². The van der Waals surface area contributed by atoms with E-state index in [-0.39, 0.29) is 11.6 Å². The molecule has 0 aliphatic rings. The van der Waals surface area contributed by atoms with Gasteiger partial charge in [-0.2, -0.15) is 5.10 Å². The highest BCUT2D eigenvalue weighted by Gasteiger charge is 2.12. The van der Waals surface area contributed by atoms with Crippen molar-refractivity contribution < 1.29 is 0 Å². The van der Waals surface area contributed by atoms with Gasteiger partial charge in [-0.3, -0.25) is 4.79 Å². The maximum atomic E-state index is 11.8. The predicted octanol–water partition coefficient (Wildman–Crippen LogP) is 2.13. The number of benzene rings is 1. The molecule has 0 aliphatic heterocycles. The third-order valence-corrected chi connectivity index (χ3v) is 3.64. The monoisotopic (exact) mass is 271 g/mol. The van der Waals surface area contributed by atoms with Gasteiger partial charge in [0.25, 0.3) is 5.56 Å². The molecule has 1 aromatic heterocycles. The first-order chi connectivity index (χ1) is 9.51. The van der Waals surface area contributed by atoms with Crippen molar-refractivity contribution in [3.63, 3.8) is 0 Å². The van der Waals surface area contributed by atoms with Gasteiger partial charge in [0, 0.05) is 6.07 Å². The maximum absolute atomic E-state index is 11.8. The molecule has 106 valence electrons. The molecule has 4 heteroatoms. The van der Waals surface area contributed by atoms with E-state index in [1.165, 1.54) is 21.4 Å². The molecule has 0 radical (unpaired) electrons. The molecule has 2 aromatic rings. The molecule has 1 aromatic carbocycles. The lowest BCUT2D eigenvalue weighted by Crippen LogP contribution is -2.30. The van der Waals surface area contributed by atoms with Crippen molar-refractivity contribution in [1.29, 1.82) is 0 Å².